The summed E-state index contributed by atoms with van der Waals surface area (Å²) in [6.45, 7) is 3.41. The number of esters is 1. The Labute approximate surface area is 164 Å². The average molecular weight is 387 g/mol. The molecule has 0 saturated heterocycles. The molecule has 0 radical (unpaired) electrons. The molecule has 1 aliphatic carbocycles. The molecule has 27 heavy (non-hydrogen) atoms. The molecule has 0 spiro atoms. The van der Waals surface area contributed by atoms with Crippen LogP contribution in [0.3, 0.4) is 0 Å². The van der Waals surface area contributed by atoms with E-state index in [0.29, 0.717) is 10.6 Å². The molecule has 1 N–H and O–H groups in total. The Kier molecular flexibility index (Phi) is 6.61. The lowest BCUT2D eigenvalue weighted by molar-refractivity contribution is -0.129. The van der Waals surface area contributed by atoms with Gasteiger partial charge in [-0.15, -0.1) is 11.3 Å². The number of aromatic nitrogens is 1. The third-order valence-electron chi connectivity index (χ3n) is 4.86. The number of hydrogen-bond donors (Lipinski definition) is 1. The number of rotatable bonds is 5. The van der Waals surface area contributed by atoms with Gasteiger partial charge < -0.3 is 10.1 Å². The fraction of sp³-hybridized carbons (Fsp3) is 0.476. The third kappa shape index (κ3) is 5.16. The molecule has 5 nitrogen and oxygen atoms in total. The van der Waals surface area contributed by atoms with Crippen molar-refractivity contribution < 1.29 is 14.3 Å². The van der Waals surface area contributed by atoms with Crippen molar-refractivity contribution in [3.05, 3.63) is 40.9 Å². The quantitative estimate of drug-likeness (QED) is 0.607. The minimum Gasteiger partial charge on any atom is -0.448 e. The summed E-state index contributed by atoms with van der Waals surface area (Å²) < 4.78 is 5.42. The molecular weight excluding hydrogens is 360 g/mol. The first-order chi connectivity index (χ1) is 13.0. The molecule has 1 atom stereocenters. The van der Waals surface area contributed by atoms with Crippen LogP contribution >= 0.6 is 11.3 Å². The van der Waals surface area contributed by atoms with Gasteiger partial charge in [0.25, 0.3) is 5.91 Å². The number of hydrogen-bond acceptors (Lipinski definition) is 5. The van der Waals surface area contributed by atoms with E-state index in [2.05, 4.69) is 10.3 Å². The lowest BCUT2D eigenvalue weighted by Gasteiger charge is -2.19. The average Bonchev–Trinajstić information content (AvgIpc) is 2.88. The summed E-state index contributed by atoms with van der Waals surface area (Å²) in [6.07, 6.45) is 5.92. The van der Waals surface area contributed by atoms with Gasteiger partial charge in [0.2, 0.25) is 0 Å². The van der Waals surface area contributed by atoms with Gasteiger partial charge in [0.15, 0.2) is 6.10 Å². The number of benzene rings is 1. The first-order valence-corrected chi connectivity index (χ1v) is 10.4. The molecular formula is C21H26N2O3S. The number of nitrogens with zero attached hydrogens (tertiary/aromatic N) is 1. The summed E-state index contributed by atoms with van der Waals surface area (Å²) in [5.41, 5.74) is 1.59. The highest BCUT2D eigenvalue weighted by atomic mass is 32.1. The normalized spacial score (nSPS) is 16.4. The van der Waals surface area contributed by atoms with Crippen molar-refractivity contribution in [2.75, 3.05) is 0 Å². The fourth-order valence-electron chi connectivity index (χ4n) is 3.30. The lowest BCUT2D eigenvalue weighted by Crippen LogP contribution is -2.41. The fourth-order valence-corrected chi connectivity index (χ4v) is 4.25. The molecule has 2 aromatic rings. The molecule has 1 amide bonds. The first-order valence-electron chi connectivity index (χ1n) is 9.59. The zero-order chi connectivity index (χ0) is 19.2. The summed E-state index contributed by atoms with van der Waals surface area (Å²) >= 11 is 1.30. The second-order valence-corrected chi connectivity index (χ2v) is 8.04. The Morgan fingerprint density at radius 2 is 1.81 bits per heavy atom. The van der Waals surface area contributed by atoms with Crippen LogP contribution in [-0.2, 0) is 9.53 Å². The predicted molar refractivity (Wildman–Crippen MR) is 107 cm³/mol. The maximum absolute atomic E-state index is 12.5. The van der Waals surface area contributed by atoms with E-state index in [9.17, 15) is 9.59 Å². The number of amides is 1. The maximum atomic E-state index is 12.5. The van der Waals surface area contributed by atoms with Gasteiger partial charge in [0.05, 0.1) is 5.69 Å². The summed E-state index contributed by atoms with van der Waals surface area (Å²) in [6, 6.07) is 9.91. The molecule has 6 heteroatoms. The summed E-state index contributed by atoms with van der Waals surface area (Å²) in [4.78, 5) is 29.9. The maximum Gasteiger partial charge on any atom is 0.351 e. The standard InChI is InChI=1S/C21H26N2O3S/c1-14-18(27-20(22-14)16-10-6-5-7-11-16)21(25)26-15(2)19(24)23-17-12-8-3-4-9-13-17/h5-7,10-11,15,17H,3-4,8-9,12-13H2,1-2H3,(H,23,24)/t15-/m1/s1. The topological polar surface area (TPSA) is 68.3 Å². The predicted octanol–water partition coefficient (Wildman–Crippen LogP) is 4.50. The van der Waals surface area contributed by atoms with E-state index in [4.69, 9.17) is 4.74 Å². The molecule has 1 aromatic carbocycles. The Balaban J connectivity index is 1.61. The number of carbonyl (C=O) groups excluding carboxylic acids is 2. The SMILES string of the molecule is Cc1nc(-c2ccccc2)sc1C(=O)O[C@H](C)C(=O)NC1CCCCCC1. The van der Waals surface area contributed by atoms with Gasteiger partial charge in [0, 0.05) is 11.6 Å². The van der Waals surface area contributed by atoms with E-state index in [-0.39, 0.29) is 11.9 Å². The molecule has 1 aliphatic rings. The second-order valence-electron chi connectivity index (χ2n) is 7.04. The van der Waals surface area contributed by atoms with E-state index in [0.717, 1.165) is 36.3 Å². The van der Waals surface area contributed by atoms with Crippen molar-refractivity contribution in [3.8, 4) is 10.6 Å². The minimum absolute atomic E-state index is 0.191. The van der Waals surface area contributed by atoms with Crippen LogP contribution in [0.25, 0.3) is 10.6 Å². The first kappa shape index (κ1) is 19.5. The van der Waals surface area contributed by atoms with Crippen LogP contribution in [0.15, 0.2) is 30.3 Å². The van der Waals surface area contributed by atoms with E-state index in [1.807, 2.05) is 30.3 Å². The largest absolute Gasteiger partial charge is 0.448 e. The Morgan fingerprint density at radius 1 is 1.15 bits per heavy atom. The Morgan fingerprint density at radius 3 is 2.48 bits per heavy atom. The van der Waals surface area contributed by atoms with Gasteiger partial charge >= 0.3 is 5.97 Å². The van der Waals surface area contributed by atoms with Crippen LogP contribution in [0.2, 0.25) is 0 Å². The monoisotopic (exact) mass is 386 g/mol. The molecule has 3 rings (SSSR count). The zero-order valence-corrected chi connectivity index (χ0v) is 16.7. The van der Waals surface area contributed by atoms with Crippen LogP contribution in [0.4, 0.5) is 0 Å². The third-order valence-corrected chi connectivity index (χ3v) is 6.04. The van der Waals surface area contributed by atoms with E-state index < -0.39 is 12.1 Å². The van der Waals surface area contributed by atoms with Crippen LogP contribution in [0.1, 0.15) is 60.8 Å². The number of thiazole rings is 1. The molecule has 1 fully saturated rings. The molecule has 0 aliphatic heterocycles. The van der Waals surface area contributed by atoms with Crippen molar-refractivity contribution in [3.63, 3.8) is 0 Å². The van der Waals surface area contributed by atoms with Crippen molar-refractivity contribution in [1.29, 1.82) is 0 Å². The van der Waals surface area contributed by atoms with Crippen LogP contribution in [0.5, 0.6) is 0 Å². The van der Waals surface area contributed by atoms with Crippen molar-refractivity contribution in [2.24, 2.45) is 0 Å². The Bertz CT molecular complexity index is 780. The number of ether oxygens (including phenoxy) is 1. The zero-order valence-electron chi connectivity index (χ0n) is 15.9. The van der Waals surface area contributed by atoms with E-state index in [1.54, 1.807) is 13.8 Å². The van der Waals surface area contributed by atoms with Gasteiger partial charge in [-0.1, -0.05) is 56.0 Å². The van der Waals surface area contributed by atoms with Gasteiger partial charge in [-0.3, -0.25) is 4.79 Å². The number of nitrogens with one attached hydrogen (secondary N) is 1. The number of aryl methyl sites for hydroxylation is 1. The van der Waals surface area contributed by atoms with Crippen molar-refractivity contribution >= 4 is 23.2 Å². The second kappa shape index (κ2) is 9.13. The highest BCUT2D eigenvalue weighted by Crippen LogP contribution is 2.28. The highest BCUT2D eigenvalue weighted by Gasteiger charge is 2.25. The van der Waals surface area contributed by atoms with E-state index >= 15 is 0 Å². The molecule has 144 valence electrons. The van der Waals surface area contributed by atoms with Gasteiger partial charge in [-0.05, 0) is 26.7 Å². The molecule has 1 heterocycles. The summed E-state index contributed by atoms with van der Waals surface area (Å²) in [5, 5.41) is 3.81. The summed E-state index contributed by atoms with van der Waals surface area (Å²) in [7, 11) is 0. The van der Waals surface area contributed by atoms with Crippen LogP contribution in [-0.4, -0.2) is 29.0 Å². The molecule has 0 unspecified atom stereocenters. The molecule has 1 saturated carbocycles. The lowest BCUT2D eigenvalue weighted by atomic mass is 10.1. The number of carbonyl (C=O) groups is 2. The smallest absolute Gasteiger partial charge is 0.351 e. The molecule has 1 aromatic heterocycles. The van der Waals surface area contributed by atoms with Crippen LogP contribution in [0, 0.1) is 6.92 Å². The van der Waals surface area contributed by atoms with Crippen LogP contribution < -0.4 is 5.32 Å². The van der Waals surface area contributed by atoms with Crippen molar-refractivity contribution in [1.82, 2.24) is 10.3 Å². The van der Waals surface area contributed by atoms with Crippen molar-refractivity contribution in [2.45, 2.75) is 64.5 Å². The molecule has 0 bridgehead atoms. The van der Waals surface area contributed by atoms with E-state index in [1.165, 1.54) is 24.2 Å². The minimum atomic E-state index is -0.817. The Hall–Kier alpha value is -2.21. The summed E-state index contributed by atoms with van der Waals surface area (Å²) in [5.74, 6) is -0.712. The van der Waals surface area contributed by atoms with Gasteiger partial charge in [-0.2, -0.15) is 0 Å². The van der Waals surface area contributed by atoms with Gasteiger partial charge in [-0.25, -0.2) is 9.78 Å². The highest BCUT2D eigenvalue weighted by molar-refractivity contribution is 7.17. The van der Waals surface area contributed by atoms with Gasteiger partial charge in [0.1, 0.15) is 9.88 Å².